The van der Waals surface area contributed by atoms with Gasteiger partial charge in [-0.05, 0) is 18.2 Å². The predicted octanol–water partition coefficient (Wildman–Crippen LogP) is 1.93. The Kier molecular flexibility index (Phi) is 4.23. The van der Waals surface area contributed by atoms with Crippen molar-refractivity contribution < 1.29 is 14.3 Å². The molecular formula is C10H11BrFNO2. The van der Waals surface area contributed by atoms with Crippen LogP contribution in [0.15, 0.2) is 22.7 Å². The Morgan fingerprint density at radius 2 is 2.27 bits per heavy atom. The van der Waals surface area contributed by atoms with Gasteiger partial charge in [0.15, 0.2) is 0 Å². The minimum Gasteiger partial charge on any atom is -0.396 e. The molecule has 82 valence electrons. The molecule has 1 rings (SSSR count). The quantitative estimate of drug-likeness (QED) is 0.916. The molecule has 1 aromatic rings. The molecule has 3 nitrogen and oxygen atoms in total. The maximum Gasteiger partial charge on any atom is 0.229 e. The Hall–Kier alpha value is -0.940. The average Bonchev–Trinajstić information content (AvgIpc) is 2.21. The largest absolute Gasteiger partial charge is 0.396 e. The van der Waals surface area contributed by atoms with E-state index in [-0.39, 0.29) is 24.6 Å². The lowest BCUT2D eigenvalue weighted by Gasteiger charge is -2.17. The summed E-state index contributed by atoms with van der Waals surface area (Å²) in [5.41, 5.74) is 0.197. The molecular weight excluding hydrogens is 265 g/mol. The van der Waals surface area contributed by atoms with Gasteiger partial charge in [0, 0.05) is 11.5 Å². The third-order valence-electron chi connectivity index (χ3n) is 1.97. The van der Waals surface area contributed by atoms with E-state index in [0.717, 1.165) is 0 Å². The number of carbonyl (C=O) groups is 1. The lowest BCUT2D eigenvalue weighted by molar-refractivity contribution is -0.118. The Labute approximate surface area is 95.6 Å². The molecule has 0 atom stereocenters. The van der Waals surface area contributed by atoms with E-state index >= 15 is 0 Å². The summed E-state index contributed by atoms with van der Waals surface area (Å²) in [6, 6.07) is 4.36. The van der Waals surface area contributed by atoms with E-state index in [2.05, 4.69) is 15.9 Å². The van der Waals surface area contributed by atoms with Gasteiger partial charge in [-0.2, -0.15) is 0 Å². The van der Waals surface area contributed by atoms with E-state index < -0.39 is 5.82 Å². The lowest BCUT2D eigenvalue weighted by Crippen LogP contribution is -2.27. The standard InChI is InChI=1S/C10H11BrFNO2/c1-13(10(15)4-5-14)9-6-7(11)2-3-8(9)12/h2-3,6,14H,4-5H2,1H3. The predicted molar refractivity (Wildman–Crippen MR) is 59.2 cm³/mol. The maximum absolute atomic E-state index is 13.3. The summed E-state index contributed by atoms with van der Waals surface area (Å²) in [7, 11) is 1.48. The first-order valence-electron chi connectivity index (χ1n) is 4.38. The smallest absolute Gasteiger partial charge is 0.229 e. The Balaban J connectivity index is 2.94. The highest BCUT2D eigenvalue weighted by Gasteiger charge is 2.14. The van der Waals surface area contributed by atoms with Crippen LogP contribution < -0.4 is 4.90 Å². The number of amides is 1. The Morgan fingerprint density at radius 3 is 2.87 bits per heavy atom. The molecule has 0 bridgehead atoms. The molecule has 1 amide bonds. The molecule has 0 saturated heterocycles. The third-order valence-corrected chi connectivity index (χ3v) is 2.46. The van der Waals surface area contributed by atoms with Gasteiger partial charge in [0.05, 0.1) is 18.7 Å². The molecule has 0 aliphatic carbocycles. The summed E-state index contributed by atoms with van der Waals surface area (Å²) in [4.78, 5) is 12.6. The van der Waals surface area contributed by atoms with Crippen LogP contribution in [0.3, 0.4) is 0 Å². The van der Waals surface area contributed by atoms with E-state index in [1.165, 1.54) is 24.1 Å². The van der Waals surface area contributed by atoms with E-state index in [0.29, 0.717) is 4.47 Å². The number of rotatable bonds is 3. The van der Waals surface area contributed by atoms with Gasteiger partial charge < -0.3 is 10.0 Å². The number of halogens is 2. The molecule has 0 aliphatic rings. The van der Waals surface area contributed by atoms with Gasteiger partial charge >= 0.3 is 0 Å². The number of benzene rings is 1. The van der Waals surface area contributed by atoms with Crippen LogP contribution in [0, 0.1) is 5.82 Å². The van der Waals surface area contributed by atoms with Crippen LogP contribution in [0.1, 0.15) is 6.42 Å². The summed E-state index contributed by atoms with van der Waals surface area (Å²) >= 11 is 3.20. The van der Waals surface area contributed by atoms with Crippen LogP contribution in [0.25, 0.3) is 0 Å². The van der Waals surface area contributed by atoms with Gasteiger partial charge in [-0.3, -0.25) is 4.79 Å². The fourth-order valence-corrected chi connectivity index (χ4v) is 1.49. The highest BCUT2D eigenvalue weighted by molar-refractivity contribution is 9.10. The molecule has 15 heavy (non-hydrogen) atoms. The van der Waals surface area contributed by atoms with Crippen molar-refractivity contribution in [3.63, 3.8) is 0 Å². The van der Waals surface area contributed by atoms with Crippen LogP contribution in [-0.4, -0.2) is 24.7 Å². The van der Waals surface area contributed by atoms with Crippen molar-refractivity contribution >= 4 is 27.5 Å². The van der Waals surface area contributed by atoms with Gasteiger partial charge in [-0.15, -0.1) is 0 Å². The molecule has 0 saturated carbocycles. The molecule has 1 N–H and O–H groups in total. The molecule has 0 fully saturated rings. The second-order valence-corrected chi connectivity index (χ2v) is 3.94. The summed E-state index contributed by atoms with van der Waals surface area (Å²) < 4.78 is 14.0. The van der Waals surface area contributed by atoms with Gasteiger partial charge in [-0.25, -0.2) is 4.39 Å². The number of anilines is 1. The number of aliphatic hydroxyl groups is 1. The van der Waals surface area contributed by atoms with Crippen LogP contribution >= 0.6 is 15.9 Å². The van der Waals surface area contributed by atoms with Crippen molar-refractivity contribution in [1.29, 1.82) is 0 Å². The summed E-state index contributed by atoms with van der Waals surface area (Å²) in [5.74, 6) is -0.790. The second-order valence-electron chi connectivity index (χ2n) is 3.02. The number of hydrogen-bond acceptors (Lipinski definition) is 2. The van der Waals surface area contributed by atoms with Crippen molar-refractivity contribution in [3.8, 4) is 0 Å². The summed E-state index contributed by atoms with van der Waals surface area (Å²) in [5, 5.41) is 8.61. The minimum absolute atomic E-state index is 0.0115. The average molecular weight is 276 g/mol. The zero-order chi connectivity index (χ0) is 11.4. The van der Waals surface area contributed by atoms with Crippen molar-refractivity contribution in [3.05, 3.63) is 28.5 Å². The zero-order valence-corrected chi connectivity index (χ0v) is 9.79. The Bertz CT molecular complexity index is 370. The van der Waals surface area contributed by atoms with Crippen molar-refractivity contribution in [1.82, 2.24) is 0 Å². The summed E-state index contributed by atoms with van der Waals surface area (Å²) in [6.07, 6.45) is -0.0115. The molecule has 0 radical (unpaired) electrons. The second kappa shape index (κ2) is 5.23. The van der Waals surface area contributed by atoms with Crippen molar-refractivity contribution in [2.75, 3.05) is 18.6 Å². The number of carbonyl (C=O) groups excluding carboxylic acids is 1. The molecule has 0 aliphatic heterocycles. The normalized spacial score (nSPS) is 10.1. The number of aliphatic hydroxyl groups excluding tert-OH is 1. The molecule has 0 aromatic heterocycles. The van der Waals surface area contributed by atoms with Crippen LogP contribution in [0.4, 0.5) is 10.1 Å². The highest BCUT2D eigenvalue weighted by Crippen LogP contribution is 2.23. The van der Waals surface area contributed by atoms with E-state index in [4.69, 9.17) is 5.11 Å². The van der Waals surface area contributed by atoms with Gasteiger partial charge in [-0.1, -0.05) is 15.9 Å². The fraction of sp³-hybridized carbons (Fsp3) is 0.300. The number of nitrogens with zero attached hydrogens (tertiary/aromatic N) is 1. The summed E-state index contributed by atoms with van der Waals surface area (Å²) in [6.45, 7) is -0.237. The lowest BCUT2D eigenvalue weighted by atomic mass is 10.2. The van der Waals surface area contributed by atoms with E-state index in [1.807, 2.05) is 0 Å². The van der Waals surface area contributed by atoms with Crippen LogP contribution in [-0.2, 0) is 4.79 Å². The topological polar surface area (TPSA) is 40.5 Å². The SMILES string of the molecule is CN(C(=O)CCO)c1cc(Br)ccc1F. The molecule has 5 heteroatoms. The van der Waals surface area contributed by atoms with E-state index in [1.54, 1.807) is 6.07 Å². The molecule has 1 aromatic carbocycles. The van der Waals surface area contributed by atoms with Crippen LogP contribution in [0.5, 0.6) is 0 Å². The van der Waals surface area contributed by atoms with Crippen molar-refractivity contribution in [2.24, 2.45) is 0 Å². The monoisotopic (exact) mass is 275 g/mol. The number of hydrogen-bond donors (Lipinski definition) is 1. The third kappa shape index (κ3) is 3.00. The first-order valence-corrected chi connectivity index (χ1v) is 5.18. The van der Waals surface area contributed by atoms with Gasteiger partial charge in [0.1, 0.15) is 5.82 Å². The van der Waals surface area contributed by atoms with Gasteiger partial charge in [0.25, 0.3) is 0 Å². The van der Waals surface area contributed by atoms with Gasteiger partial charge in [0.2, 0.25) is 5.91 Å². The fourth-order valence-electron chi connectivity index (χ4n) is 1.14. The van der Waals surface area contributed by atoms with E-state index in [9.17, 15) is 9.18 Å². The first kappa shape index (κ1) is 12.1. The molecule has 0 spiro atoms. The zero-order valence-electron chi connectivity index (χ0n) is 8.20. The maximum atomic E-state index is 13.3. The van der Waals surface area contributed by atoms with Crippen LogP contribution in [0.2, 0.25) is 0 Å². The highest BCUT2D eigenvalue weighted by atomic mass is 79.9. The molecule has 0 heterocycles. The first-order chi connectivity index (χ1) is 7.06. The Morgan fingerprint density at radius 1 is 1.60 bits per heavy atom. The minimum atomic E-state index is -0.466. The van der Waals surface area contributed by atoms with Crippen molar-refractivity contribution in [2.45, 2.75) is 6.42 Å². The molecule has 0 unspecified atom stereocenters.